The highest BCUT2D eigenvalue weighted by Crippen LogP contribution is 2.12. The third-order valence-electron chi connectivity index (χ3n) is 8.19. The molecular formula is C43H72NO7+. The molecule has 8 nitrogen and oxygen atoms in total. The Balaban J connectivity index is 4.49. The molecule has 0 aromatic heterocycles. The van der Waals surface area contributed by atoms with Gasteiger partial charge in [-0.3, -0.25) is 9.59 Å². The molecule has 290 valence electrons. The molecule has 0 rings (SSSR count). The second-order valence-electron chi connectivity index (χ2n) is 13.9. The van der Waals surface area contributed by atoms with Crippen molar-refractivity contribution in [2.45, 2.75) is 142 Å². The summed E-state index contributed by atoms with van der Waals surface area (Å²) in [6.07, 6.45) is 40.9. The lowest BCUT2D eigenvalue weighted by Gasteiger charge is -2.31. The molecule has 0 fully saturated rings. The summed E-state index contributed by atoms with van der Waals surface area (Å²) >= 11 is 0. The summed E-state index contributed by atoms with van der Waals surface area (Å²) in [6.45, 7) is 4.52. The van der Waals surface area contributed by atoms with E-state index in [0.29, 0.717) is 25.7 Å². The molecular weight excluding hydrogens is 642 g/mol. The van der Waals surface area contributed by atoms with Crippen molar-refractivity contribution >= 4 is 17.9 Å². The first-order chi connectivity index (χ1) is 24.6. The number of quaternary nitrogens is 1. The van der Waals surface area contributed by atoms with Gasteiger partial charge in [0.2, 0.25) is 0 Å². The fourth-order valence-electron chi connectivity index (χ4n) is 5.12. The molecule has 0 amide bonds. The van der Waals surface area contributed by atoms with E-state index in [1.54, 1.807) is 0 Å². The van der Waals surface area contributed by atoms with Gasteiger partial charge in [0.1, 0.15) is 6.61 Å². The van der Waals surface area contributed by atoms with Gasteiger partial charge in [-0.25, -0.2) is 4.79 Å². The Morgan fingerprint density at radius 1 is 0.588 bits per heavy atom. The van der Waals surface area contributed by atoms with Gasteiger partial charge in [0.15, 0.2) is 12.1 Å². The average molecular weight is 715 g/mol. The molecule has 0 aromatic carbocycles. The Labute approximate surface area is 311 Å². The number of ether oxygens (including phenoxy) is 3. The number of carbonyl (C=O) groups excluding carboxylic acids is 2. The standard InChI is InChI=1S/C43H71NO7/c1-6-8-10-12-14-16-17-18-19-20-21-22-23-24-26-28-30-32-34-42(46)51-39(37-49-36-35-40(43(47)48)44(3,4)5)38-50-41(45)33-31-29-27-25-15-13-11-9-7-2/h10,12,14,16-22,25,27,39-40H,6-9,11,13,15,23-24,26,28-38H2,1-5H3/p+1/b12-10+,16-14+,18-17+,20-19+,22-21+,27-25+. The van der Waals surface area contributed by atoms with Crippen LogP contribution < -0.4 is 0 Å². The van der Waals surface area contributed by atoms with Gasteiger partial charge in [-0.1, -0.05) is 132 Å². The van der Waals surface area contributed by atoms with Crippen LogP contribution in [0.15, 0.2) is 72.9 Å². The van der Waals surface area contributed by atoms with E-state index in [-0.39, 0.29) is 36.2 Å². The predicted octanol–water partition coefficient (Wildman–Crippen LogP) is 10.0. The van der Waals surface area contributed by atoms with E-state index >= 15 is 0 Å². The van der Waals surface area contributed by atoms with Crippen molar-refractivity contribution in [1.29, 1.82) is 0 Å². The van der Waals surface area contributed by atoms with Gasteiger partial charge >= 0.3 is 17.9 Å². The third kappa shape index (κ3) is 32.4. The number of aliphatic carboxylic acids is 1. The number of hydrogen-bond donors (Lipinski definition) is 1. The van der Waals surface area contributed by atoms with Crippen molar-refractivity contribution in [3.63, 3.8) is 0 Å². The number of likely N-dealkylation sites (N-methyl/N-ethyl adjacent to an activating group) is 1. The molecule has 0 bridgehead atoms. The van der Waals surface area contributed by atoms with Gasteiger partial charge < -0.3 is 23.8 Å². The topological polar surface area (TPSA) is 99.1 Å². The first-order valence-corrected chi connectivity index (χ1v) is 19.5. The van der Waals surface area contributed by atoms with Gasteiger partial charge in [-0.15, -0.1) is 0 Å². The lowest BCUT2D eigenvalue weighted by atomic mass is 10.1. The summed E-state index contributed by atoms with van der Waals surface area (Å²) < 4.78 is 17.1. The number of carbonyl (C=O) groups is 3. The van der Waals surface area contributed by atoms with E-state index < -0.39 is 18.1 Å². The Bertz CT molecular complexity index is 1060. The first-order valence-electron chi connectivity index (χ1n) is 19.5. The van der Waals surface area contributed by atoms with Crippen LogP contribution in [0.4, 0.5) is 0 Å². The SMILES string of the molecule is CCC/C=C/C=C/C=C/C=C/C=C/CCCCCCCC(=O)OC(COCCC(C(=O)O)[N+](C)(C)C)COC(=O)CCC/C=C/CCCCCC. The second-order valence-corrected chi connectivity index (χ2v) is 13.9. The van der Waals surface area contributed by atoms with Crippen LogP contribution in [-0.4, -0.2) is 80.6 Å². The maximum absolute atomic E-state index is 12.7. The molecule has 0 saturated heterocycles. The monoisotopic (exact) mass is 715 g/mol. The van der Waals surface area contributed by atoms with Crippen LogP contribution >= 0.6 is 0 Å². The average Bonchev–Trinajstić information content (AvgIpc) is 3.08. The van der Waals surface area contributed by atoms with Crippen molar-refractivity contribution in [3.05, 3.63) is 72.9 Å². The third-order valence-corrected chi connectivity index (χ3v) is 8.19. The fourth-order valence-corrected chi connectivity index (χ4v) is 5.12. The molecule has 0 aliphatic carbocycles. The Hall–Kier alpha value is -3.23. The quantitative estimate of drug-likeness (QED) is 0.0238. The molecule has 1 N–H and O–H groups in total. The number of allylic oxidation sites excluding steroid dienone is 12. The van der Waals surface area contributed by atoms with Gasteiger partial charge in [-0.05, 0) is 51.4 Å². The van der Waals surface area contributed by atoms with Crippen molar-refractivity contribution in [2.24, 2.45) is 0 Å². The number of nitrogens with zero attached hydrogens (tertiary/aromatic N) is 1. The van der Waals surface area contributed by atoms with Crippen molar-refractivity contribution in [2.75, 3.05) is 41.0 Å². The minimum atomic E-state index is -0.888. The van der Waals surface area contributed by atoms with Gasteiger partial charge in [0.05, 0.1) is 34.4 Å². The first kappa shape index (κ1) is 47.8. The van der Waals surface area contributed by atoms with E-state index in [2.05, 4.69) is 50.3 Å². The van der Waals surface area contributed by atoms with Crippen LogP contribution in [0.25, 0.3) is 0 Å². The molecule has 0 heterocycles. The number of hydrogen-bond acceptors (Lipinski definition) is 6. The fraction of sp³-hybridized carbons (Fsp3) is 0.651. The van der Waals surface area contributed by atoms with Crippen molar-refractivity contribution in [1.82, 2.24) is 0 Å². The molecule has 0 spiro atoms. The van der Waals surface area contributed by atoms with Crippen LogP contribution in [-0.2, 0) is 28.6 Å². The van der Waals surface area contributed by atoms with E-state index in [9.17, 15) is 19.5 Å². The number of carboxylic acid groups (broad SMARTS) is 1. The lowest BCUT2D eigenvalue weighted by molar-refractivity contribution is -0.887. The molecule has 8 heteroatoms. The van der Waals surface area contributed by atoms with Gasteiger partial charge in [-0.2, -0.15) is 0 Å². The molecule has 2 atom stereocenters. The number of carboxylic acids is 1. The normalized spacial score (nSPS) is 13.8. The number of unbranched alkanes of at least 4 members (excludes halogenated alkanes) is 11. The summed E-state index contributed by atoms with van der Waals surface area (Å²) in [5.41, 5.74) is 0. The Kier molecular flexibility index (Phi) is 31.7. The highest BCUT2D eigenvalue weighted by Gasteiger charge is 2.31. The number of esters is 2. The van der Waals surface area contributed by atoms with Crippen molar-refractivity contribution < 1.29 is 38.2 Å². The van der Waals surface area contributed by atoms with Gasteiger partial charge in [0.25, 0.3) is 0 Å². The van der Waals surface area contributed by atoms with Crippen LogP contribution in [0.1, 0.15) is 129 Å². The van der Waals surface area contributed by atoms with E-state index in [4.69, 9.17) is 14.2 Å². The Morgan fingerprint density at radius 3 is 1.73 bits per heavy atom. The molecule has 2 unspecified atom stereocenters. The van der Waals surface area contributed by atoms with Crippen LogP contribution in [0.3, 0.4) is 0 Å². The minimum absolute atomic E-state index is 0.0377. The molecule has 51 heavy (non-hydrogen) atoms. The molecule has 0 saturated carbocycles. The summed E-state index contributed by atoms with van der Waals surface area (Å²) in [5.74, 6) is -1.56. The number of rotatable bonds is 33. The zero-order valence-corrected chi connectivity index (χ0v) is 32.8. The molecule has 0 aromatic rings. The highest BCUT2D eigenvalue weighted by molar-refractivity contribution is 5.72. The summed E-state index contributed by atoms with van der Waals surface area (Å²) in [6, 6.07) is -0.625. The smallest absolute Gasteiger partial charge is 0.362 e. The van der Waals surface area contributed by atoms with E-state index in [1.165, 1.54) is 32.1 Å². The predicted molar refractivity (Wildman–Crippen MR) is 210 cm³/mol. The lowest BCUT2D eigenvalue weighted by Crippen LogP contribution is -2.50. The maximum atomic E-state index is 12.7. The van der Waals surface area contributed by atoms with E-state index in [0.717, 1.165) is 57.8 Å². The van der Waals surface area contributed by atoms with E-state index in [1.807, 2.05) is 57.6 Å². The zero-order chi connectivity index (χ0) is 37.8. The largest absolute Gasteiger partial charge is 0.477 e. The second kappa shape index (κ2) is 33.9. The minimum Gasteiger partial charge on any atom is -0.477 e. The van der Waals surface area contributed by atoms with Crippen molar-refractivity contribution in [3.8, 4) is 0 Å². The molecule has 0 aliphatic rings. The molecule has 0 radical (unpaired) electrons. The highest BCUT2D eigenvalue weighted by atomic mass is 16.6. The van der Waals surface area contributed by atoms with Crippen LogP contribution in [0, 0.1) is 0 Å². The Morgan fingerprint density at radius 2 is 1.12 bits per heavy atom. The zero-order valence-electron chi connectivity index (χ0n) is 32.8. The summed E-state index contributed by atoms with van der Waals surface area (Å²) in [5, 5.41) is 9.58. The van der Waals surface area contributed by atoms with Gasteiger partial charge in [0, 0.05) is 19.3 Å². The summed E-state index contributed by atoms with van der Waals surface area (Å²) in [7, 11) is 5.49. The summed E-state index contributed by atoms with van der Waals surface area (Å²) in [4.78, 5) is 36.7. The van der Waals surface area contributed by atoms with Crippen LogP contribution in [0.5, 0.6) is 0 Å². The maximum Gasteiger partial charge on any atom is 0.362 e. The van der Waals surface area contributed by atoms with Crippen LogP contribution in [0.2, 0.25) is 0 Å². The molecule has 0 aliphatic heterocycles.